The van der Waals surface area contributed by atoms with Crippen LogP contribution in [0.25, 0.3) is 0 Å². The first-order valence-corrected chi connectivity index (χ1v) is 5.83. The Morgan fingerprint density at radius 1 is 1.44 bits per heavy atom. The molecule has 5 heteroatoms. The molecule has 0 saturated heterocycles. The number of aryl methyl sites for hydroxylation is 1. The van der Waals surface area contributed by atoms with Crippen molar-refractivity contribution in [3.63, 3.8) is 0 Å². The number of nitrogens with zero attached hydrogens (tertiary/aromatic N) is 2. The van der Waals surface area contributed by atoms with E-state index in [1.165, 1.54) is 0 Å². The van der Waals surface area contributed by atoms with E-state index in [1.54, 1.807) is 6.20 Å². The van der Waals surface area contributed by atoms with Crippen LogP contribution in [0, 0.1) is 6.92 Å². The molecule has 0 aliphatic heterocycles. The van der Waals surface area contributed by atoms with Crippen LogP contribution in [-0.2, 0) is 0 Å². The second-order valence-corrected chi connectivity index (χ2v) is 4.63. The van der Waals surface area contributed by atoms with E-state index in [2.05, 4.69) is 43.4 Å². The summed E-state index contributed by atoms with van der Waals surface area (Å²) in [6, 6.07) is 2.23. The van der Waals surface area contributed by atoms with Gasteiger partial charge >= 0.3 is 0 Å². The SMILES string of the molecule is Cc1cc(Br)cnc1NC(C)c1cn[nH]c1. The third-order valence-electron chi connectivity index (χ3n) is 2.42. The van der Waals surface area contributed by atoms with Crippen LogP contribution in [0.15, 0.2) is 29.1 Å². The van der Waals surface area contributed by atoms with E-state index < -0.39 is 0 Å². The number of H-pyrrole nitrogens is 1. The van der Waals surface area contributed by atoms with Crippen LogP contribution in [0.4, 0.5) is 5.82 Å². The zero-order valence-corrected chi connectivity index (χ0v) is 10.7. The zero-order chi connectivity index (χ0) is 11.5. The van der Waals surface area contributed by atoms with Crippen molar-refractivity contribution in [3.05, 3.63) is 40.3 Å². The molecular weight excluding hydrogens is 268 g/mol. The number of pyridine rings is 1. The quantitative estimate of drug-likeness (QED) is 0.909. The Morgan fingerprint density at radius 3 is 2.88 bits per heavy atom. The summed E-state index contributed by atoms with van der Waals surface area (Å²) in [5.41, 5.74) is 2.23. The first-order chi connectivity index (χ1) is 7.66. The molecule has 0 amide bonds. The highest BCUT2D eigenvalue weighted by Gasteiger charge is 2.08. The number of rotatable bonds is 3. The summed E-state index contributed by atoms with van der Waals surface area (Å²) in [6.45, 7) is 4.11. The molecule has 2 heterocycles. The van der Waals surface area contributed by atoms with Gasteiger partial charge in [-0.3, -0.25) is 5.10 Å². The Kier molecular flexibility index (Phi) is 3.24. The first-order valence-electron chi connectivity index (χ1n) is 5.04. The van der Waals surface area contributed by atoms with Gasteiger partial charge in [0.1, 0.15) is 5.82 Å². The van der Waals surface area contributed by atoms with Gasteiger partial charge in [-0.05, 0) is 41.4 Å². The Morgan fingerprint density at radius 2 is 2.25 bits per heavy atom. The number of nitrogens with one attached hydrogen (secondary N) is 2. The molecule has 0 aliphatic rings. The van der Waals surface area contributed by atoms with Crippen molar-refractivity contribution >= 4 is 21.7 Å². The molecule has 1 unspecified atom stereocenters. The Bertz CT molecular complexity index is 467. The van der Waals surface area contributed by atoms with Gasteiger partial charge in [0.2, 0.25) is 0 Å². The maximum Gasteiger partial charge on any atom is 0.129 e. The van der Waals surface area contributed by atoms with Gasteiger partial charge in [0, 0.05) is 22.4 Å². The molecule has 0 radical (unpaired) electrons. The lowest BCUT2D eigenvalue weighted by Crippen LogP contribution is -2.08. The van der Waals surface area contributed by atoms with Gasteiger partial charge in [0.05, 0.1) is 12.2 Å². The second-order valence-electron chi connectivity index (χ2n) is 3.72. The van der Waals surface area contributed by atoms with Crippen molar-refractivity contribution in [2.45, 2.75) is 19.9 Å². The van der Waals surface area contributed by atoms with E-state index in [0.29, 0.717) is 0 Å². The van der Waals surface area contributed by atoms with E-state index >= 15 is 0 Å². The molecule has 16 heavy (non-hydrogen) atoms. The molecule has 2 rings (SSSR count). The molecule has 2 aromatic heterocycles. The van der Waals surface area contributed by atoms with Gasteiger partial charge < -0.3 is 5.32 Å². The van der Waals surface area contributed by atoms with E-state index in [4.69, 9.17) is 0 Å². The predicted octanol–water partition coefficient (Wildman–Crippen LogP) is 3.05. The molecule has 4 nitrogen and oxygen atoms in total. The van der Waals surface area contributed by atoms with Crippen molar-refractivity contribution in [3.8, 4) is 0 Å². The number of hydrogen-bond donors (Lipinski definition) is 2. The minimum absolute atomic E-state index is 0.186. The van der Waals surface area contributed by atoms with Gasteiger partial charge in [-0.15, -0.1) is 0 Å². The van der Waals surface area contributed by atoms with Gasteiger partial charge in [0.15, 0.2) is 0 Å². The second kappa shape index (κ2) is 4.65. The van der Waals surface area contributed by atoms with Crippen LogP contribution < -0.4 is 5.32 Å². The van der Waals surface area contributed by atoms with Crippen LogP contribution in [0.2, 0.25) is 0 Å². The molecule has 0 spiro atoms. The highest BCUT2D eigenvalue weighted by molar-refractivity contribution is 9.10. The third-order valence-corrected chi connectivity index (χ3v) is 2.85. The largest absolute Gasteiger partial charge is 0.363 e. The Hall–Kier alpha value is -1.36. The standard InChI is InChI=1S/C11H13BrN4/c1-7-3-10(12)6-13-11(7)16-8(2)9-4-14-15-5-9/h3-6,8H,1-2H3,(H,13,16)(H,14,15). The lowest BCUT2D eigenvalue weighted by Gasteiger charge is -2.14. The number of anilines is 1. The summed E-state index contributed by atoms with van der Waals surface area (Å²) in [6.07, 6.45) is 5.48. The summed E-state index contributed by atoms with van der Waals surface area (Å²) in [5, 5.41) is 10.1. The van der Waals surface area contributed by atoms with Crippen LogP contribution in [0.3, 0.4) is 0 Å². The normalized spacial score (nSPS) is 12.4. The van der Waals surface area contributed by atoms with Crippen LogP contribution in [0.1, 0.15) is 24.1 Å². The summed E-state index contributed by atoms with van der Waals surface area (Å²) in [5.74, 6) is 0.900. The number of hydrogen-bond acceptors (Lipinski definition) is 3. The predicted molar refractivity (Wildman–Crippen MR) is 67.3 cm³/mol. The van der Waals surface area contributed by atoms with Crippen molar-refractivity contribution in [1.29, 1.82) is 0 Å². The smallest absolute Gasteiger partial charge is 0.129 e. The average Bonchev–Trinajstić information content (AvgIpc) is 2.75. The molecule has 0 aromatic carbocycles. The fourth-order valence-corrected chi connectivity index (χ4v) is 1.92. The molecule has 0 aliphatic carbocycles. The van der Waals surface area contributed by atoms with Gasteiger partial charge in [0.25, 0.3) is 0 Å². The van der Waals surface area contributed by atoms with Crippen LogP contribution >= 0.6 is 15.9 Å². The number of halogens is 1. The van der Waals surface area contributed by atoms with Crippen LogP contribution in [0.5, 0.6) is 0 Å². The van der Waals surface area contributed by atoms with Crippen LogP contribution in [-0.4, -0.2) is 15.2 Å². The van der Waals surface area contributed by atoms with Crippen molar-refractivity contribution in [2.75, 3.05) is 5.32 Å². The maximum atomic E-state index is 4.34. The molecule has 84 valence electrons. The van der Waals surface area contributed by atoms with Crippen molar-refractivity contribution < 1.29 is 0 Å². The van der Waals surface area contributed by atoms with Crippen molar-refractivity contribution in [2.24, 2.45) is 0 Å². The summed E-state index contributed by atoms with van der Waals surface area (Å²) in [7, 11) is 0. The zero-order valence-electron chi connectivity index (χ0n) is 9.16. The highest BCUT2D eigenvalue weighted by Crippen LogP contribution is 2.21. The Balaban J connectivity index is 2.15. The van der Waals surface area contributed by atoms with E-state index in [-0.39, 0.29) is 6.04 Å². The molecule has 2 aromatic rings. The molecule has 2 N–H and O–H groups in total. The maximum absolute atomic E-state index is 4.34. The van der Waals surface area contributed by atoms with Crippen molar-refractivity contribution in [1.82, 2.24) is 15.2 Å². The van der Waals surface area contributed by atoms with Gasteiger partial charge in [-0.2, -0.15) is 5.10 Å². The molecule has 0 bridgehead atoms. The molecule has 0 fully saturated rings. The van der Waals surface area contributed by atoms with E-state index in [1.807, 2.05) is 25.4 Å². The summed E-state index contributed by atoms with van der Waals surface area (Å²) < 4.78 is 0.992. The molecule has 0 saturated carbocycles. The third kappa shape index (κ3) is 2.41. The van der Waals surface area contributed by atoms with E-state index in [9.17, 15) is 0 Å². The number of aromatic nitrogens is 3. The topological polar surface area (TPSA) is 53.6 Å². The highest BCUT2D eigenvalue weighted by atomic mass is 79.9. The van der Waals surface area contributed by atoms with Gasteiger partial charge in [-0.25, -0.2) is 4.98 Å². The fraction of sp³-hybridized carbons (Fsp3) is 0.273. The fourth-order valence-electron chi connectivity index (χ4n) is 1.48. The first kappa shape index (κ1) is 11.1. The minimum Gasteiger partial charge on any atom is -0.363 e. The Labute approximate surface area is 103 Å². The van der Waals surface area contributed by atoms with E-state index in [0.717, 1.165) is 21.4 Å². The summed E-state index contributed by atoms with van der Waals surface area (Å²) in [4.78, 5) is 4.34. The van der Waals surface area contributed by atoms with Gasteiger partial charge in [-0.1, -0.05) is 0 Å². The lowest BCUT2D eigenvalue weighted by atomic mass is 10.2. The number of aromatic amines is 1. The minimum atomic E-state index is 0.186. The summed E-state index contributed by atoms with van der Waals surface area (Å²) >= 11 is 3.40. The molecule has 1 atom stereocenters. The lowest BCUT2D eigenvalue weighted by molar-refractivity contribution is 0.872. The molecular formula is C11H13BrN4. The average molecular weight is 281 g/mol. The monoisotopic (exact) mass is 280 g/mol.